The van der Waals surface area contributed by atoms with Gasteiger partial charge in [-0.1, -0.05) is 27.7 Å². The van der Waals surface area contributed by atoms with Crippen LogP contribution in [0.1, 0.15) is 40.5 Å². The molecule has 2 N–H and O–H groups in total. The zero-order valence-electron chi connectivity index (χ0n) is 11.4. The number of amides is 1. The molecule has 0 saturated heterocycles. The van der Waals surface area contributed by atoms with E-state index in [4.69, 9.17) is 5.73 Å². The molecule has 0 aromatic rings. The maximum Gasteiger partial charge on any atom is 0.406 e. The third kappa shape index (κ3) is 5.25. The minimum Gasteiger partial charge on any atom is -0.329 e. The molecule has 0 heterocycles. The molecular formula is C12H23F3N2O. The highest BCUT2D eigenvalue weighted by atomic mass is 19.4. The summed E-state index contributed by atoms with van der Waals surface area (Å²) in [6, 6.07) is -1.29. The van der Waals surface area contributed by atoms with Crippen LogP contribution in [0.5, 0.6) is 0 Å². The van der Waals surface area contributed by atoms with E-state index in [1.54, 1.807) is 27.7 Å². The van der Waals surface area contributed by atoms with Gasteiger partial charge in [-0.25, -0.2) is 0 Å². The van der Waals surface area contributed by atoms with Gasteiger partial charge in [-0.3, -0.25) is 4.79 Å². The molecule has 18 heavy (non-hydrogen) atoms. The number of halogens is 3. The molecule has 0 saturated carbocycles. The Labute approximate surface area is 107 Å². The molecule has 1 amide bonds. The minimum absolute atomic E-state index is 0.178. The molecule has 6 heteroatoms. The minimum atomic E-state index is -4.39. The maximum atomic E-state index is 12.5. The number of nitrogens with two attached hydrogens (primary N) is 1. The fourth-order valence-corrected chi connectivity index (χ4v) is 1.79. The normalized spacial score (nSPS) is 14.1. The Hall–Kier alpha value is -0.780. The molecule has 0 aromatic carbocycles. The predicted octanol–water partition coefficient (Wildman–Crippen LogP) is 2.55. The van der Waals surface area contributed by atoms with Gasteiger partial charge in [0.15, 0.2) is 0 Å². The van der Waals surface area contributed by atoms with Crippen LogP contribution in [0.15, 0.2) is 0 Å². The van der Waals surface area contributed by atoms with Crippen LogP contribution in [0.2, 0.25) is 0 Å². The fourth-order valence-electron chi connectivity index (χ4n) is 1.79. The van der Waals surface area contributed by atoms with Gasteiger partial charge in [0.1, 0.15) is 6.54 Å². The number of rotatable bonds is 6. The van der Waals surface area contributed by atoms with Crippen LogP contribution in [0.3, 0.4) is 0 Å². The lowest BCUT2D eigenvalue weighted by molar-refractivity contribution is -0.167. The van der Waals surface area contributed by atoms with Gasteiger partial charge < -0.3 is 10.6 Å². The van der Waals surface area contributed by atoms with E-state index in [0.29, 0.717) is 12.8 Å². The Morgan fingerprint density at radius 3 is 1.94 bits per heavy atom. The third-order valence-corrected chi connectivity index (χ3v) is 3.02. The van der Waals surface area contributed by atoms with Gasteiger partial charge in [-0.15, -0.1) is 0 Å². The summed E-state index contributed by atoms with van der Waals surface area (Å²) < 4.78 is 37.6. The van der Waals surface area contributed by atoms with Crippen molar-refractivity contribution in [3.8, 4) is 0 Å². The average molecular weight is 268 g/mol. The molecule has 108 valence electrons. The Morgan fingerprint density at radius 2 is 1.67 bits per heavy atom. The Kier molecular flexibility index (Phi) is 6.67. The number of hydrogen-bond acceptors (Lipinski definition) is 2. The number of carbonyl (C=O) groups excluding carboxylic acids is 1. The molecular weight excluding hydrogens is 245 g/mol. The highest BCUT2D eigenvalue weighted by Gasteiger charge is 2.37. The Morgan fingerprint density at radius 1 is 1.22 bits per heavy atom. The van der Waals surface area contributed by atoms with Crippen molar-refractivity contribution in [3.05, 3.63) is 0 Å². The molecule has 0 aliphatic heterocycles. The summed E-state index contributed by atoms with van der Waals surface area (Å²) in [5, 5.41) is 0. The Balaban J connectivity index is 5.02. The first-order valence-electron chi connectivity index (χ1n) is 6.26. The van der Waals surface area contributed by atoms with E-state index in [2.05, 4.69) is 0 Å². The van der Waals surface area contributed by atoms with E-state index < -0.39 is 30.7 Å². The van der Waals surface area contributed by atoms with Crippen molar-refractivity contribution < 1.29 is 18.0 Å². The fraction of sp³-hybridized carbons (Fsp3) is 0.917. The third-order valence-electron chi connectivity index (χ3n) is 3.02. The highest BCUT2D eigenvalue weighted by molar-refractivity contribution is 5.82. The van der Waals surface area contributed by atoms with E-state index in [1.165, 1.54) is 0 Å². The summed E-state index contributed by atoms with van der Waals surface area (Å²) in [5.74, 6) is -0.793. The number of alkyl halides is 3. The SMILES string of the molecule is CCC(CC)N(CC(F)(F)F)C(=O)C(N)C(C)C. The van der Waals surface area contributed by atoms with Gasteiger partial charge in [-0.05, 0) is 18.8 Å². The van der Waals surface area contributed by atoms with Gasteiger partial charge in [0.2, 0.25) is 5.91 Å². The topological polar surface area (TPSA) is 46.3 Å². The average Bonchev–Trinajstić information content (AvgIpc) is 2.25. The van der Waals surface area contributed by atoms with E-state index >= 15 is 0 Å². The predicted molar refractivity (Wildman–Crippen MR) is 65.0 cm³/mol. The van der Waals surface area contributed by atoms with Crippen LogP contribution in [-0.2, 0) is 4.79 Å². The molecule has 0 aliphatic carbocycles. The number of nitrogens with zero attached hydrogens (tertiary/aromatic N) is 1. The van der Waals surface area contributed by atoms with Crippen LogP contribution >= 0.6 is 0 Å². The van der Waals surface area contributed by atoms with Crippen molar-refractivity contribution in [2.75, 3.05) is 6.54 Å². The number of carbonyl (C=O) groups is 1. The van der Waals surface area contributed by atoms with Crippen molar-refractivity contribution in [2.45, 2.75) is 58.8 Å². The summed E-state index contributed by atoms with van der Waals surface area (Å²) >= 11 is 0. The zero-order valence-corrected chi connectivity index (χ0v) is 11.4. The molecule has 3 nitrogen and oxygen atoms in total. The summed E-state index contributed by atoms with van der Waals surface area (Å²) in [5.41, 5.74) is 5.67. The van der Waals surface area contributed by atoms with Gasteiger partial charge >= 0.3 is 6.18 Å². The quantitative estimate of drug-likeness (QED) is 0.804. The van der Waals surface area contributed by atoms with Crippen molar-refractivity contribution in [1.82, 2.24) is 4.90 Å². The highest BCUT2D eigenvalue weighted by Crippen LogP contribution is 2.21. The largest absolute Gasteiger partial charge is 0.406 e. The second-order valence-electron chi connectivity index (χ2n) is 4.82. The standard InChI is InChI=1S/C12H23F3N2O/c1-5-9(6-2)17(7-12(13,14)15)11(18)10(16)8(3)4/h8-10H,5-7,16H2,1-4H3. The van der Waals surface area contributed by atoms with Gasteiger partial charge in [0.05, 0.1) is 6.04 Å². The van der Waals surface area contributed by atoms with Crippen molar-refractivity contribution >= 4 is 5.91 Å². The van der Waals surface area contributed by atoms with Gasteiger partial charge in [0.25, 0.3) is 0 Å². The maximum absolute atomic E-state index is 12.5. The van der Waals surface area contributed by atoms with Crippen LogP contribution in [0, 0.1) is 5.92 Å². The first kappa shape index (κ1) is 17.2. The van der Waals surface area contributed by atoms with E-state index in [0.717, 1.165) is 4.90 Å². The first-order valence-corrected chi connectivity index (χ1v) is 6.26. The molecule has 0 radical (unpaired) electrons. The molecule has 0 bridgehead atoms. The van der Waals surface area contributed by atoms with Crippen LogP contribution < -0.4 is 5.73 Å². The van der Waals surface area contributed by atoms with Crippen molar-refractivity contribution in [2.24, 2.45) is 11.7 Å². The molecule has 0 spiro atoms. The molecule has 0 fully saturated rings. The summed E-state index contributed by atoms with van der Waals surface area (Å²) in [4.78, 5) is 12.9. The summed E-state index contributed by atoms with van der Waals surface area (Å²) in [6.07, 6.45) is -3.42. The van der Waals surface area contributed by atoms with E-state index in [9.17, 15) is 18.0 Å². The summed E-state index contributed by atoms with van der Waals surface area (Å²) in [6.45, 7) is 5.76. The lowest BCUT2D eigenvalue weighted by Gasteiger charge is -2.34. The second kappa shape index (κ2) is 6.97. The van der Waals surface area contributed by atoms with Crippen molar-refractivity contribution in [1.29, 1.82) is 0 Å². The van der Waals surface area contributed by atoms with Gasteiger partial charge in [-0.2, -0.15) is 13.2 Å². The zero-order chi connectivity index (χ0) is 14.5. The van der Waals surface area contributed by atoms with Crippen LogP contribution in [0.25, 0.3) is 0 Å². The monoisotopic (exact) mass is 268 g/mol. The first-order chi connectivity index (χ1) is 8.14. The van der Waals surface area contributed by atoms with Crippen LogP contribution in [-0.4, -0.2) is 35.6 Å². The summed E-state index contributed by atoms with van der Waals surface area (Å²) in [7, 11) is 0. The second-order valence-corrected chi connectivity index (χ2v) is 4.82. The molecule has 0 rings (SSSR count). The smallest absolute Gasteiger partial charge is 0.329 e. The molecule has 0 aromatic heterocycles. The van der Waals surface area contributed by atoms with E-state index in [1.807, 2.05) is 0 Å². The Bertz CT molecular complexity index is 263. The van der Waals surface area contributed by atoms with Crippen LogP contribution in [0.4, 0.5) is 13.2 Å². The molecule has 1 atom stereocenters. The van der Waals surface area contributed by atoms with Crippen molar-refractivity contribution in [3.63, 3.8) is 0 Å². The number of hydrogen-bond donors (Lipinski definition) is 1. The lowest BCUT2D eigenvalue weighted by Crippen LogP contribution is -2.53. The molecule has 1 unspecified atom stereocenters. The van der Waals surface area contributed by atoms with Gasteiger partial charge in [0, 0.05) is 6.04 Å². The molecule has 0 aliphatic rings. The van der Waals surface area contributed by atoms with E-state index in [-0.39, 0.29) is 5.92 Å². The lowest BCUT2D eigenvalue weighted by atomic mass is 10.0.